The molecule has 1 saturated heterocycles. The maximum atomic E-state index is 12.5. The number of nitrogens with zero attached hydrogens (tertiary/aromatic N) is 2. The minimum atomic E-state index is -0.157. The molecule has 2 aromatic rings. The number of imide groups is 1. The number of rotatable bonds is 5. The van der Waals surface area contributed by atoms with E-state index in [1.807, 2.05) is 6.07 Å². The molecule has 0 spiro atoms. The maximum absolute atomic E-state index is 12.5. The number of unbranched alkanes of at least 4 members (excludes halogenated alkanes) is 1. The summed E-state index contributed by atoms with van der Waals surface area (Å²) in [4.78, 5) is 28.9. The van der Waals surface area contributed by atoms with Gasteiger partial charge < -0.3 is 5.11 Å². The van der Waals surface area contributed by atoms with E-state index in [-0.39, 0.29) is 24.2 Å². The van der Waals surface area contributed by atoms with Gasteiger partial charge >= 0.3 is 0 Å². The van der Waals surface area contributed by atoms with Crippen LogP contribution in [-0.4, -0.2) is 52.4 Å². The molecule has 0 radical (unpaired) electrons. The normalized spacial score (nSPS) is 22.5. The number of carbonyl (C=O) groups excluding carboxylic acids is 2. The molecular weight excluding hydrogens is 400 g/mol. The van der Waals surface area contributed by atoms with Crippen LogP contribution in [0, 0.1) is 0 Å². The van der Waals surface area contributed by atoms with Gasteiger partial charge in [-0.05, 0) is 74.5 Å². The number of likely N-dealkylation sites (tertiary alicyclic amines) is 1. The van der Waals surface area contributed by atoms with Crippen LogP contribution in [0.5, 0.6) is 5.75 Å². The van der Waals surface area contributed by atoms with Gasteiger partial charge in [-0.3, -0.25) is 19.4 Å². The van der Waals surface area contributed by atoms with Crippen LogP contribution in [0.1, 0.15) is 63.4 Å². The Bertz CT molecular complexity index is 942. The van der Waals surface area contributed by atoms with E-state index in [1.165, 1.54) is 10.5 Å². The largest absolute Gasteiger partial charge is 0.508 e. The third-order valence-electron chi connectivity index (χ3n) is 6.89. The smallest absolute Gasteiger partial charge is 0.261 e. The van der Waals surface area contributed by atoms with Gasteiger partial charge in [0, 0.05) is 18.5 Å². The zero-order valence-corrected chi connectivity index (χ0v) is 17.7. The average Bonchev–Trinajstić information content (AvgIpc) is 3.26. The van der Waals surface area contributed by atoms with Crippen LogP contribution in [0.4, 0.5) is 0 Å². The summed E-state index contributed by atoms with van der Waals surface area (Å²) in [6.45, 7) is 2.57. The molecule has 2 aromatic carbocycles. The van der Waals surface area contributed by atoms with Gasteiger partial charge in [-0.25, -0.2) is 0 Å². The number of benzene rings is 2. The van der Waals surface area contributed by atoms with E-state index in [0.29, 0.717) is 35.4 Å². The molecule has 0 bridgehead atoms. The van der Waals surface area contributed by atoms with E-state index in [0.717, 1.165) is 50.8 Å². The summed E-state index contributed by atoms with van der Waals surface area (Å²) in [5, 5.41) is 10.2. The van der Waals surface area contributed by atoms with E-state index in [4.69, 9.17) is 0 Å². The highest BCUT2D eigenvalue weighted by Crippen LogP contribution is 2.43. The highest BCUT2D eigenvalue weighted by Gasteiger charge is 2.39. The molecule has 30 heavy (non-hydrogen) atoms. The Hall–Kier alpha value is -2.37. The lowest BCUT2D eigenvalue weighted by atomic mass is 9.79. The number of amides is 2. The maximum Gasteiger partial charge on any atom is 0.261 e. The van der Waals surface area contributed by atoms with Crippen molar-refractivity contribution in [2.75, 3.05) is 19.6 Å². The van der Waals surface area contributed by atoms with Crippen LogP contribution in [0.2, 0.25) is 0 Å². The topological polar surface area (TPSA) is 60.9 Å². The molecule has 2 unspecified atom stereocenters. The van der Waals surface area contributed by atoms with Crippen molar-refractivity contribution in [3.05, 3.63) is 64.7 Å². The molecular formula is C24H27ClN2O3. The highest BCUT2D eigenvalue weighted by atomic mass is 35.5. The first-order chi connectivity index (χ1) is 14.1. The highest BCUT2D eigenvalue weighted by molar-refractivity contribution is 6.21. The van der Waals surface area contributed by atoms with Gasteiger partial charge in [0.2, 0.25) is 0 Å². The Balaban J connectivity index is 0.00000218. The molecule has 2 amide bonds. The Morgan fingerprint density at radius 1 is 0.900 bits per heavy atom. The minimum Gasteiger partial charge on any atom is -0.508 e. The molecule has 1 aliphatic carbocycles. The third-order valence-corrected chi connectivity index (χ3v) is 6.89. The van der Waals surface area contributed by atoms with Crippen LogP contribution >= 0.6 is 12.4 Å². The second kappa shape index (κ2) is 8.40. The molecule has 5 nitrogen and oxygen atoms in total. The van der Waals surface area contributed by atoms with Crippen molar-refractivity contribution >= 4 is 24.2 Å². The van der Waals surface area contributed by atoms with Gasteiger partial charge in [0.25, 0.3) is 11.8 Å². The third kappa shape index (κ3) is 3.40. The summed E-state index contributed by atoms with van der Waals surface area (Å²) >= 11 is 0. The molecule has 3 aliphatic rings. The second-order valence-electron chi connectivity index (χ2n) is 8.40. The lowest BCUT2D eigenvalue weighted by molar-refractivity contribution is 0.0650. The monoisotopic (exact) mass is 426 g/mol. The van der Waals surface area contributed by atoms with Crippen molar-refractivity contribution in [1.82, 2.24) is 9.80 Å². The number of hydrogen-bond donors (Lipinski definition) is 1. The van der Waals surface area contributed by atoms with Gasteiger partial charge in [0.1, 0.15) is 5.75 Å². The van der Waals surface area contributed by atoms with Crippen LogP contribution in [0.3, 0.4) is 0 Å². The molecule has 158 valence electrons. The van der Waals surface area contributed by atoms with E-state index in [2.05, 4.69) is 11.0 Å². The standard InChI is InChI=1S/C24H26N2O3.ClH/c27-22-9-5-8-16-17-12-15-25(21(17)11-10-18(16)22)13-3-4-14-26-23(28)19-6-1-2-7-20(19)24(26)29;/h1-2,5-9,17,21,27H,3-4,10-15H2;1H. The number of phenols is 1. The summed E-state index contributed by atoms with van der Waals surface area (Å²) in [7, 11) is 0. The number of carbonyl (C=O) groups is 2. The van der Waals surface area contributed by atoms with Crippen LogP contribution in [0.15, 0.2) is 42.5 Å². The molecule has 0 aromatic heterocycles. The van der Waals surface area contributed by atoms with Crippen LogP contribution in [-0.2, 0) is 6.42 Å². The van der Waals surface area contributed by atoms with Crippen molar-refractivity contribution in [3.8, 4) is 5.75 Å². The summed E-state index contributed by atoms with van der Waals surface area (Å²) in [5.74, 6) is 0.647. The minimum absolute atomic E-state index is 0. The average molecular weight is 427 g/mol. The molecule has 2 heterocycles. The zero-order valence-electron chi connectivity index (χ0n) is 16.9. The molecule has 2 atom stereocenters. The number of fused-ring (bicyclic) bond motifs is 4. The SMILES string of the molecule is Cl.O=C1c2ccccc2C(=O)N1CCCCN1CCC2c3cccc(O)c3CCC21. The first-order valence-electron chi connectivity index (χ1n) is 10.6. The van der Waals surface area contributed by atoms with Crippen molar-refractivity contribution in [2.45, 2.75) is 44.1 Å². The van der Waals surface area contributed by atoms with Crippen molar-refractivity contribution < 1.29 is 14.7 Å². The van der Waals surface area contributed by atoms with Gasteiger partial charge in [-0.15, -0.1) is 12.4 Å². The summed E-state index contributed by atoms with van der Waals surface area (Å²) in [6, 6.07) is 13.6. The molecule has 1 fully saturated rings. The molecule has 5 rings (SSSR count). The van der Waals surface area contributed by atoms with Gasteiger partial charge in [0.15, 0.2) is 0 Å². The van der Waals surface area contributed by atoms with E-state index < -0.39 is 0 Å². The first kappa shape index (κ1) is 20.9. The van der Waals surface area contributed by atoms with Crippen LogP contribution < -0.4 is 0 Å². The number of aromatic hydroxyl groups is 1. The predicted octanol–water partition coefficient (Wildman–Crippen LogP) is 3.99. The van der Waals surface area contributed by atoms with E-state index in [1.54, 1.807) is 30.3 Å². The van der Waals surface area contributed by atoms with Crippen LogP contribution in [0.25, 0.3) is 0 Å². The fourth-order valence-electron chi connectivity index (χ4n) is 5.47. The number of hydrogen-bond acceptors (Lipinski definition) is 4. The van der Waals surface area contributed by atoms with E-state index in [9.17, 15) is 14.7 Å². The van der Waals surface area contributed by atoms with Crippen molar-refractivity contribution in [2.24, 2.45) is 0 Å². The first-order valence-corrected chi connectivity index (χ1v) is 10.6. The Labute approximate surface area is 183 Å². The van der Waals surface area contributed by atoms with E-state index >= 15 is 0 Å². The Morgan fingerprint density at radius 3 is 2.33 bits per heavy atom. The summed E-state index contributed by atoms with van der Waals surface area (Å²) < 4.78 is 0. The Morgan fingerprint density at radius 2 is 1.60 bits per heavy atom. The fraction of sp³-hybridized carbons (Fsp3) is 0.417. The van der Waals surface area contributed by atoms with Crippen molar-refractivity contribution in [3.63, 3.8) is 0 Å². The molecule has 2 aliphatic heterocycles. The van der Waals surface area contributed by atoms with Gasteiger partial charge in [-0.1, -0.05) is 24.3 Å². The molecule has 1 N–H and O–H groups in total. The van der Waals surface area contributed by atoms with Gasteiger partial charge in [0.05, 0.1) is 11.1 Å². The Kier molecular flexibility index (Phi) is 5.85. The number of phenolic OH excluding ortho intramolecular Hbond substituents is 1. The quantitative estimate of drug-likeness (QED) is 0.580. The fourth-order valence-corrected chi connectivity index (χ4v) is 5.47. The van der Waals surface area contributed by atoms with Crippen molar-refractivity contribution in [1.29, 1.82) is 0 Å². The predicted molar refractivity (Wildman–Crippen MR) is 117 cm³/mol. The summed E-state index contributed by atoms with van der Waals surface area (Å²) in [5.41, 5.74) is 3.53. The molecule has 0 saturated carbocycles. The second-order valence-corrected chi connectivity index (χ2v) is 8.40. The zero-order chi connectivity index (χ0) is 20.0. The lowest BCUT2D eigenvalue weighted by Gasteiger charge is -2.33. The lowest BCUT2D eigenvalue weighted by Crippen LogP contribution is -2.36. The number of halogens is 1. The van der Waals surface area contributed by atoms with Gasteiger partial charge in [-0.2, -0.15) is 0 Å². The molecule has 6 heteroatoms. The summed E-state index contributed by atoms with van der Waals surface area (Å²) in [6.07, 6.45) is 4.97.